The van der Waals surface area contributed by atoms with Crippen molar-refractivity contribution in [2.24, 2.45) is 0 Å². The Kier molecular flexibility index (Phi) is 15.9. The molecule has 14 heteroatoms. The number of phenols is 1. The third-order valence-corrected chi connectivity index (χ3v) is 12.4. The maximum atomic E-state index is 13.4. The molecule has 3 aliphatic rings. The Morgan fingerprint density at radius 1 is 1.10 bits per heavy atom. The molecule has 3 aliphatic heterocycles. The first kappa shape index (κ1) is 43.5. The SMILES string of the molecule is CCCCC(C)N(CCNCCc1ccc(O)c2c1OCC(=O)N2)C(=O)CCOCCc1cccc(CCN2CCC3(CC2)CN(C(=O)c2csc(C)n2)CCO3)c1. The zero-order valence-corrected chi connectivity index (χ0v) is 35.4. The number of benzene rings is 2. The van der Waals surface area contributed by atoms with Crippen molar-refractivity contribution < 1.29 is 33.7 Å². The number of morpholine rings is 1. The predicted molar refractivity (Wildman–Crippen MR) is 226 cm³/mol. The number of hydrogen-bond donors (Lipinski definition) is 3. The average molecular weight is 819 g/mol. The number of nitrogens with one attached hydrogen (secondary N) is 2. The van der Waals surface area contributed by atoms with E-state index in [1.54, 1.807) is 6.07 Å². The number of aromatic nitrogens is 1. The molecule has 58 heavy (non-hydrogen) atoms. The van der Waals surface area contributed by atoms with Crippen LogP contribution in [0.15, 0.2) is 41.8 Å². The van der Waals surface area contributed by atoms with Crippen molar-refractivity contribution in [3.05, 3.63) is 69.2 Å². The van der Waals surface area contributed by atoms with Crippen LogP contribution in [0, 0.1) is 6.92 Å². The molecule has 6 rings (SSSR count). The second-order valence-electron chi connectivity index (χ2n) is 15.9. The maximum absolute atomic E-state index is 13.4. The highest BCUT2D eigenvalue weighted by atomic mass is 32.1. The largest absolute Gasteiger partial charge is 0.506 e. The smallest absolute Gasteiger partial charge is 0.273 e. The lowest BCUT2D eigenvalue weighted by Gasteiger charge is -2.47. The highest BCUT2D eigenvalue weighted by molar-refractivity contribution is 7.09. The normalized spacial score (nSPS) is 17.1. The number of anilines is 1. The van der Waals surface area contributed by atoms with Crippen molar-refractivity contribution in [2.75, 3.05) is 84.1 Å². The molecule has 1 spiro atoms. The van der Waals surface area contributed by atoms with Crippen molar-refractivity contribution in [1.82, 2.24) is 25.0 Å². The summed E-state index contributed by atoms with van der Waals surface area (Å²) in [6, 6.07) is 12.3. The zero-order valence-electron chi connectivity index (χ0n) is 34.6. The molecule has 0 radical (unpaired) electrons. The lowest BCUT2D eigenvalue weighted by molar-refractivity contribution is -0.134. The van der Waals surface area contributed by atoms with Crippen molar-refractivity contribution in [1.29, 1.82) is 0 Å². The van der Waals surface area contributed by atoms with Crippen LogP contribution < -0.4 is 15.4 Å². The van der Waals surface area contributed by atoms with E-state index in [-0.39, 0.29) is 41.7 Å². The summed E-state index contributed by atoms with van der Waals surface area (Å²) in [5.41, 5.74) is 4.06. The Morgan fingerprint density at radius 3 is 2.69 bits per heavy atom. The summed E-state index contributed by atoms with van der Waals surface area (Å²) >= 11 is 1.51. The molecule has 3 aromatic rings. The van der Waals surface area contributed by atoms with Crippen molar-refractivity contribution in [2.45, 2.75) is 90.2 Å². The van der Waals surface area contributed by atoms with Gasteiger partial charge in [-0.15, -0.1) is 11.3 Å². The number of phenolic OH excluding ortho intramolecular Hbond substituents is 1. The van der Waals surface area contributed by atoms with Crippen LogP contribution in [0.3, 0.4) is 0 Å². The van der Waals surface area contributed by atoms with E-state index in [0.29, 0.717) is 82.5 Å². The number of aryl methyl sites for hydroxylation is 1. The van der Waals surface area contributed by atoms with E-state index < -0.39 is 0 Å². The average Bonchev–Trinajstić information content (AvgIpc) is 3.67. The second-order valence-corrected chi connectivity index (χ2v) is 17.0. The molecular formula is C44H62N6O7S. The Balaban J connectivity index is 0.876. The summed E-state index contributed by atoms with van der Waals surface area (Å²) in [5.74, 6) is 0.350. The lowest BCUT2D eigenvalue weighted by atomic mass is 9.89. The van der Waals surface area contributed by atoms with Gasteiger partial charge in [-0.25, -0.2) is 4.98 Å². The number of likely N-dealkylation sites (tertiary alicyclic amines) is 1. The highest BCUT2D eigenvalue weighted by Gasteiger charge is 2.41. The molecule has 2 fully saturated rings. The number of rotatable bonds is 20. The lowest BCUT2D eigenvalue weighted by Crippen LogP contribution is -2.58. The van der Waals surface area contributed by atoms with Gasteiger partial charge < -0.3 is 44.7 Å². The van der Waals surface area contributed by atoms with Crippen LogP contribution in [0.1, 0.15) is 84.6 Å². The minimum atomic E-state index is -0.284. The quantitative estimate of drug-likeness (QED) is 0.103. The monoisotopic (exact) mass is 818 g/mol. The third kappa shape index (κ3) is 12.0. The summed E-state index contributed by atoms with van der Waals surface area (Å²) < 4.78 is 17.9. The van der Waals surface area contributed by atoms with Crippen LogP contribution >= 0.6 is 11.3 Å². The third-order valence-electron chi connectivity index (χ3n) is 11.6. The topological polar surface area (TPSA) is 146 Å². The molecule has 3 amide bonds. The molecule has 1 aromatic heterocycles. The minimum Gasteiger partial charge on any atom is -0.506 e. The van der Waals surface area contributed by atoms with Gasteiger partial charge in [0.25, 0.3) is 11.8 Å². The number of thiazole rings is 1. The first-order valence-corrected chi connectivity index (χ1v) is 22.0. The van der Waals surface area contributed by atoms with E-state index >= 15 is 0 Å². The van der Waals surface area contributed by atoms with Gasteiger partial charge in [-0.1, -0.05) is 50.1 Å². The predicted octanol–water partition coefficient (Wildman–Crippen LogP) is 5.23. The van der Waals surface area contributed by atoms with Gasteiger partial charge in [0.05, 0.1) is 43.4 Å². The molecule has 316 valence electrons. The molecule has 1 unspecified atom stereocenters. The van der Waals surface area contributed by atoms with E-state index in [9.17, 15) is 19.5 Å². The van der Waals surface area contributed by atoms with Crippen LogP contribution in [-0.2, 0) is 38.3 Å². The Hall–Kier alpha value is -4.08. The van der Waals surface area contributed by atoms with Crippen molar-refractivity contribution >= 4 is 34.7 Å². The Morgan fingerprint density at radius 2 is 1.91 bits per heavy atom. The Bertz CT molecular complexity index is 1830. The molecule has 13 nitrogen and oxygen atoms in total. The van der Waals surface area contributed by atoms with Crippen LogP contribution in [0.2, 0.25) is 0 Å². The number of nitrogens with zero attached hydrogens (tertiary/aromatic N) is 4. The van der Waals surface area contributed by atoms with Gasteiger partial charge in [-0.2, -0.15) is 0 Å². The zero-order chi connectivity index (χ0) is 40.9. The minimum absolute atomic E-state index is 0.00917. The number of hydrogen-bond acceptors (Lipinski definition) is 11. The second kappa shape index (κ2) is 21.3. The molecule has 1 atom stereocenters. The molecule has 4 heterocycles. The number of unbranched alkanes of at least 4 members (excludes halogenated alkanes) is 1. The van der Waals surface area contributed by atoms with E-state index in [0.717, 1.165) is 75.2 Å². The van der Waals surface area contributed by atoms with Crippen LogP contribution in [0.4, 0.5) is 5.69 Å². The number of amides is 3. The van der Waals surface area contributed by atoms with Crippen LogP contribution in [0.5, 0.6) is 11.5 Å². The Labute approximate surface area is 347 Å². The van der Waals surface area contributed by atoms with Gasteiger partial charge in [0.1, 0.15) is 17.1 Å². The number of carbonyl (C=O) groups excluding carboxylic acids is 3. The summed E-state index contributed by atoms with van der Waals surface area (Å²) in [7, 11) is 0. The summed E-state index contributed by atoms with van der Waals surface area (Å²) in [6.45, 7) is 13.8. The van der Waals surface area contributed by atoms with Gasteiger partial charge in [0.15, 0.2) is 12.4 Å². The molecule has 2 aromatic carbocycles. The van der Waals surface area contributed by atoms with Gasteiger partial charge in [0, 0.05) is 50.7 Å². The van der Waals surface area contributed by atoms with E-state index in [1.165, 1.54) is 22.5 Å². The standard InChI is InChI=1S/C44H62N6O7S/c1-4-5-7-32(2)50(23-19-45-18-12-36-10-11-38(51)41-42(36)56-29-39(52)47-41)40(53)15-26-55-25-14-35-9-6-8-34(28-35)13-20-48-21-16-44(17-22-48)31-49(24-27-57-44)43(54)37-30-58-33(3)46-37/h6,8-11,28,30,32,45,51H,4-5,7,12-27,29,31H2,1-3H3,(H,47,52). The van der Waals surface area contributed by atoms with Gasteiger partial charge in [0.2, 0.25) is 5.91 Å². The highest BCUT2D eigenvalue weighted by Crippen LogP contribution is 2.39. The number of ether oxygens (including phenoxy) is 3. The molecular weight excluding hydrogens is 757 g/mol. The molecule has 2 saturated heterocycles. The van der Waals surface area contributed by atoms with E-state index in [4.69, 9.17) is 14.2 Å². The maximum Gasteiger partial charge on any atom is 0.273 e. The molecule has 0 aliphatic carbocycles. The van der Waals surface area contributed by atoms with Crippen molar-refractivity contribution in [3.8, 4) is 11.5 Å². The number of piperidine rings is 1. The first-order valence-electron chi connectivity index (χ1n) is 21.1. The fraction of sp³-hybridized carbons (Fsp3) is 0.591. The van der Waals surface area contributed by atoms with Crippen LogP contribution in [-0.4, -0.2) is 133 Å². The summed E-state index contributed by atoms with van der Waals surface area (Å²) in [5, 5.41) is 19.1. The summed E-state index contributed by atoms with van der Waals surface area (Å²) in [6.07, 6.45) is 7.72. The fourth-order valence-electron chi connectivity index (χ4n) is 8.16. The number of carbonyl (C=O) groups is 3. The van der Waals surface area contributed by atoms with Gasteiger partial charge >= 0.3 is 0 Å². The molecule has 0 bridgehead atoms. The van der Waals surface area contributed by atoms with Gasteiger partial charge in [-0.05, 0) is 81.7 Å². The first-order chi connectivity index (χ1) is 28.1. The van der Waals surface area contributed by atoms with Gasteiger partial charge in [-0.3, -0.25) is 14.4 Å². The molecule has 0 saturated carbocycles. The fourth-order valence-corrected chi connectivity index (χ4v) is 8.74. The van der Waals surface area contributed by atoms with Crippen molar-refractivity contribution in [3.63, 3.8) is 0 Å². The molecule has 3 N–H and O–H groups in total. The van der Waals surface area contributed by atoms with E-state index in [2.05, 4.69) is 58.6 Å². The number of aromatic hydroxyl groups is 1. The number of fused-ring (bicyclic) bond motifs is 1. The summed E-state index contributed by atoms with van der Waals surface area (Å²) in [4.78, 5) is 49.1. The van der Waals surface area contributed by atoms with Crippen LogP contribution in [0.25, 0.3) is 0 Å². The van der Waals surface area contributed by atoms with E-state index in [1.807, 2.05) is 28.2 Å².